The molecule has 0 fully saturated rings. The van der Waals surface area contributed by atoms with Gasteiger partial charge in [-0.3, -0.25) is 0 Å². The van der Waals surface area contributed by atoms with Gasteiger partial charge in [0.2, 0.25) is 0 Å². The van der Waals surface area contributed by atoms with Crippen LogP contribution in [0.4, 0.5) is 0 Å². The fourth-order valence-corrected chi connectivity index (χ4v) is 1.77. The van der Waals surface area contributed by atoms with Crippen molar-refractivity contribution in [2.45, 2.75) is 6.04 Å². The predicted octanol–water partition coefficient (Wildman–Crippen LogP) is 2.18. The second kappa shape index (κ2) is 6.81. The van der Waals surface area contributed by atoms with Gasteiger partial charge in [-0.15, -0.1) is 0 Å². The minimum absolute atomic E-state index is 0.130. The molecule has 0 heterocycles. The van der Waals surface area contributed by atoms with Gasteiger partial charge >= 0.3 is 5.97 Å². The Morgan fingerprint density at radius 2 is 2.18 bits per heavy atom. The molecule has 1 aromatic rings. The van der Waals surface area contributed by atoms with Crippen LogP contribution in [0.15, 0.2) is 18.2 Å². The van der Waals surface area contributed by atoms with E-state index in [0.29, 0.717) is 10.0 Å². The van der Waals surface area contributed by atoms with Gasteiger partial charge in [-0.1, -0.05) is 29.3 Å². The predicted molar refractivity (Wildman–Crippen MR) is 66.2 cm³/mol. The van der Waals surface area contributed by atoms with Gasteiger partial charge in [-0.2, -0.15) is 0 Å². The molecule has 0 saturated heterocycles. The molecule has 1 atom stereocenters. The maximum Gasteiger partial charge on any atom is 0.331 e. The highest BCUT2D eigenvalue weighted by atomic mass is 35.5. The molecule has 1 rings (SSSR count). The van der Waals surface area contributed by atoms with E-state index < -0.39 is 12.0 Å². The highest BCUT2D eigenvalue weighted by Crippen LogP contribution is 2.25. The smallest absolute Gasteiger partial charge is 0.331 e. The molecule has 17 heavy (non-hydrogen) atoms. The number of ether oxygens (including phenoxy) is 2. The van der Waals surface area contributed by atoms with Gasteiger partial charge in [0.25, 0.3) is 0 Å². The Morgan fingerprint density at radius 1 is 1.47 bits per heavy atom. The number of carbonyl (C=O) groups is 1. The Bertz CT molecular complexity index is 398. The molecule has 94 valence electrons. The number of esters is 1. The van der Waals surface area contributed by atoms with Crippen LogP contribution in [0, 0.1) is 0 Å². The van der Waals surface area contributed by atoms with Gasteiger partial charge in [-0.25, -0.2) is 4.79 Å². The number of rotatable bonds is 5. The van der Waals surface area contributed by atoms with Crippen LogP contribution in [0.25, 0.3) is 0 Å². The molecule has 4 nitrogen and oxygen atoms in total. The van der Waals surface area contributed by atoms with Crippen LogP contribution in [0.2, 0.25) is 10.0 Å². The molecular formula is C11H13Cl2NO3. The summed E-state index contributed by atoms with van der Waals surface area (Å²) in [6.45, 7) is 0.0475. The van der Waals surface area contributed by atoms with Crippen molar-refractivity contribution < 1.29 is 14.3 Å². The van der Waals surface area contributed by atoms with Gasteiger partial charge < -0.3 is 15.2 Å². The molecule has 0 aliphatic carbocycles. The Balaban J connectivity index is 2.52. The summed E-state index contributed by atoms with van der Waals surface area (Å²) in [5.74, 6) is -0.445. The van der Waals surface area contributed by atoms with Crippen LogP contribution < -0.4 is 5.73 Å². The van der Waals surface area contributed by atoms with Crippen molar-refractivity contribution >= 4 is 29.2 Å². The minimum atomic E-state index is -0.445. The lowest BCUT2D eigenvalue weighted by Crippen LogP contribution is -2.20. The molecule has 6 heteroatoms. The Labute approximate surface area is 110 Å². The monoisotopic (exact) mass is 277 g/mol. The number of hydrogen-bond donors (Lipinski definition) is 1. The van der Waals surface area contributed by atoms with Crippen LogP contribution in [0.3, 0.4) is 0 Å². The quantitative estimate of drug-likeness (QED) is 0.838. The van der Waals surface area contributed by atoms with Crippen LogP contribution in [0.5, 0.6) is 0 Å². The van der Waals surface area contributed by atoms with E-state index in [9.17, 15) is 4.79 Å². The number of carbonyl (C=O) groups excluding carboxylic acids is 1. The first kappa shape index (κ1) is 14.3. The van der Waals surface area contributed by atoms with Crippen molar-refractivity contribution in [3.63, 3.8) is 0 Å². The summed E-state index contributed by atoms with van der Waals surface area (Å²) in [6, 6.07) is 4.63. The van der Waals surface area contributed by atoms with Crippen LogP contribution >= 0.6 is 23.2 Å². The maximum atomic E-state index is 10.8. The fourth-order valence-electron chi connectivity index (χ4n) is 1.22. The van der Waals surface area contributed by atoms with E-state index in [2.05, 4.69) is 4.74 Å². The van der Waals surface area contributed by atoms with E-state index in [1.807, 2.05) is 0 Å². The maximum absolute atomic E-state index is 10.8. The number of hydrogen-bond acceptors (Lipinski definition) is 4. The number of benzene rings is 1. The minimum Gasteiger partial charge on any atom is -0.467 e. The van der Waals surface area contributed by atoms with Gasteiger partial charge in [0.1, 0.15) is 6.61 Å². The summed E-state index contributed by atoms with van der Waals surface area (Å²) >= 11 is 11.8. The first-order valence-electron chi connectivity index (χ1n) is 4.89. The Morgan fingerprint density at radius 3 is 2.76 bits per heavy atom. The van der Waals surface area contributed by atoms with Crippen LogP contribution in [0.1, 0.15) is 11.6 Å². The van der Waals surface area contributed by atoms with E-state index in [4.69, 9.17) is 33.7 Å². The molecule has 0 aliphatic rings. The summed E-state index contributed by atoms with van der Waals surface area (Å²) in [6.07, 6.45) is 0. The molecule has 0 amide bonds. The zero-order valence-electron chi connectivity index (χ0n) is 9.28. The molecule has 0 saturated carbocycles. The van der Waals surface area contributed by atoms with E-state index in [1.54, 1.807) is 18.2 Å². The normalized spacial score (nSPS) is 12.2. The third-order valence-electron chi connectivity index (χ3n) is 2.11. The average molecular weight is 278 g/mol. The van der Waals surface area contributed by atoms with Crippen molar-refractivity contribution in [3.8, 4) is 0 Å². The van der Waals surface area contributed by atoms with Crippen LogP contribution in [-0.2, 0) is 14.3 Å². The number of methoxy groups -OCH3 is 1. The Hall–Kier alpha value is -0.810. The summed E-state index contributed by atoms with van der Waals surface area (Å²) in [7, 11) is 1.29. The van der Waals surface area contributed by atoms with Crippen LogP contribution in [-0.4, -0.2) is 26.3 Å². The third-order valence-corrected chi connectivity index (χ3v) is 2.67. The Kier molecular flexibility index (Phi) is 5.71. The zero-order valence-corrected chi connectivity index (χ0v) is 10.8. The first-order valence-corrected chi connectivity index (χ1v) is 5.65. The topological polar surface area (TPSA) is 61.5 Å². The number of nitrogens with two attached hydrogens (primary N) is 1. The zero-order chi connectivity index (χ0) is 12.8. The van der Waals surface area contributed by atoms with Gasteiger partial charge in [0, 0.05) is 10.0 Å². The van der Waals surface area contributed by atoms with Crippen molar-refractivity contribution in [1.29, 1.82) is 0 Å². The van der Waals surface area contributed by atoms with E-state index in [0.717, 1.165) is 5.56 Å². The average Bonchev–Trinajstić information content (AvgIpc) is 2.28. The highest BCUT2D eigenvalue weighted by Gasteiger charge is 2.11. The summed E-state index contributed by atoms with van der Waals surface area (Å²) in [4.78, 5) is 10.8. The fraction of sp³-hybridized carbons (Fsp3) is 0.364. The van der Waals surface area contributed by atoms with E-state index >= 15 is 0 Å². The van der Waals surface area contributed by atoms with Gasteiger partial charge in [-0.05, 0) is 17.7 Å². The molecule has 0 bridgehead atoms. The molecule has 2 N–H and O–H groups in total. The van der Waals surface area contributed by atoms with Crippen molar-refractivity contribution in [3.05, 3.63) is 33.8 Å². The first-order chi connectivity index (χ1) is 8.04. The largest absolute Gasteiger partial charge is 0.467 e. The lowest BCUT2D eigenvalue weighted by Gasteiger charge is -2.13. The van der Waals surface area contributed by atoms with Gasteiger partial charge in [0.15, 0.2) is 0 Å². The lowest BCUT2D eigenvalue weighted by molar-refractivity contribution is -0.146. The van der Waals surface area contributed by atoms with E-state index in [-0.39, 0.29) is 13.2 Å². The molecule has 0 radical (unpaired) electrons. The molecular weight excluding hydrogens is 265 g/mol. The molecule has 0 aromatic heterocycles. The molecule has 1 aromatic carbocycles. The second-order valence-corrected chi connectivity index (χ2v) is 4.21. The van der Waals surface area contributed by atoms with Crippen molar-refractivity contribution in [2.75, 3.05) is 20.3 Å². The van der Waals surface area contributed by atoms with Gasteiger partial charge in [0.05, 0.1) is 19.8 Å². The molecule has 1 unspecified atom stereocenters. The van der Waals surface area contributed by atoms with Crippen molar-refractivity contribution in [2.24, 2.45) is 5.73 Å². The molecule has 0 spiro atoms. The lowest BCUT2D eigenvalue weighted by atomic mass is 10.1. The highest BCUT2D eigenvalue weighted by molar-refractivity contribution is 6.35. The SMILES string of the molecule is COC(=O)COCC(N)c1ccc(Cl)cc1Cl. The summed E-state index contributed by atoms with van der Waals surface area (Å²) in [5, 5.41) is 1.02. The van der Waals surface area contributed by atoms with Crippen molar-refractivity contribution in [1.82, 2.24) is 0 Å². The standard InChI is InChI=1S/C11H13Cl2NO3/c1-16-11(15)6-17-5-10(14)8-3-2-7(12)4-9(8)13/h2-4,10H,5-6,14H2,1H3. The number of halogens is 2. The third kappa shape index (κ3) is 4.52. The summed E-state index contributed by atoms with van der Waals surface area (Å²) < 4.78 is 9.53. The second-order valence-electron chi connectivity index (χ2n) is 3.36. The molecule has 0 aliphatic heterocycles. The van der Waals surface area contributed by atoms with E-state index in [1.165, 1.54) is 7.11 Å². The summed E-state index contributed by atoms with van der Waals surface area (Å²) in [5.41, 5.74) is 6.59.